The standard InChI is InChI=1S/C23H21F3N4O2/c1-32-17-6-4-5-16(13-17)18-14-28-22(23(24,25)26)29-20(18)15-8-11-30(12-9-15)21(31)19-7-2-3-10-27-19/h2-7,10,13-15H,8-9,11-12H2,1H3. The largest absolute Gasteiger partial charge is 0.497 e. The Morgan fingerprint density at radius 2 is 1.88 bits per heavy atom. The SMILES string of the molecule is COc1cccc(-c2cnc(C(F)(F)F)nc2C2CCN(C(=O)c3ccccn3)CC2)c1. The fourth-order valence-corrected chi connectivity index (χ4v) is 3.86. The van der Waals surface area contributed by atoms with Gasteiger partial charge in [-0.15, -0.1) is 0 Å². The molecule has 6 nitrogen and oxygen atoms in total. The van der Waals surface area contributed by atoms with Crippen molar-refractivity contribution < 1.29 is 22.7 Å². The van der Waals surface area contributed by atoms with Gasteiger partial charge in [0.1, 0.15) is 11.4 Å². The number of pyridine rings is 1. The van der Waals surface area contributed by atoms with Gasteiger partial charge in [-0.1, -0.05) is 18.2 Å². The number of methoxy groups -OCH3 is 1. The Labute approximate surface area is 183 Å². The van der Waals surface area contributed by atoms with Gasteiger partial charge in [0, 0.05) is 37.0 Å². The number of hydrogen-bond acceptors (Lipinski definition) is 5. The molecule has 0 saturated carbocycles. The van der Waals surface area contributed by atoms with Crippen LogP contribution in [-0.4, -0.2) is 46.0 Å². The summed E-state index contributed by atoms with van der Waals surface area (Å²) >= 11 is 0. The summed E-state index contributed by atoms with van der Waals surface area (Å²) in [6.45, 7) is 0.811. The van der Waals surface area contributed by atoms with Crippen molar-refractivity contribution in [1.82, 2.24) is 19.9 Å². The van der Waals surface area contributed by atoms with E-state index in [1.807, 2.05) is 0 Å². The molecule has 1 aliphatic heterocycles. The molecule has 0 N–H and O–H groups in total. The third-order valence-electron chi connectivity index (χ3n) is 5.51. The van der Waals surface area contributed by atoms with Gasteiger partial charge in [-0.3, -0.25) is 9.78 Å². The number of ether oxygens (including phenoxy) is 1. The lowest BCUT2D eigenvalue weighted by Gasteiger charge is -2.32. The van der Waals surface area contributed by atoms with Crippen LogP contribution in [0.3, 0.4) is 0 Å². The van der Waals surface area contributed by atoms with Gasteiger partial charge in [0.2, 0.25) is 5.82 Å². The van der Waals surface area contributed by atoms with E-state index in [-0.39, 0.29) is 11.8 Å². The fourth-order valence-electron chi connectivity index (χ4n) is 3.86. The van der Waals surface area contributed by atoms with E-state index in [9.17, 15) is 18.0 Å². The quantitative estimate of drug-likeness (QED) is 0.591. The van der Waals surface area contributed by atoms with Crippen molar-refractivity contribution in [3.8, 4) is 16.9 Å². The number of piperidine rings is 1. The fraction of sp³-hybridized carbons (Fsp3) is 0.304. The van der Waals surface area contributed by atoms with E-state index < -0.39 is 12.0 Å². The van der Waals surface area contributed by atoms with Gasteiger partial charge in [0.25, 0.3) is 5.91 Å². The molecule has 3 heterocycles. The van der Waals surface area contributed by atoms with Crippen molar-refractivity contribution in [2.24, 2.45) is 0 Å². The maximum Gasteiger partial charge on any atom is 0.451 e. The molecule has 0 aliphatic carbocycles. The van der Waals surface area contributed by atoms with Gasteiger partial charge in [0.15, 0.2) is 0 Å². The number of carbonyl (C=O) groups excluding carboxylic acids is 1. The summed E-state index contributed by atoms with van der Waals surface area (Å²) in [7, 11) is 1.53. The molecular formula is C23H21F3N4O2. The van der Waals surface area contributed by atoms with Crippen LogP contribution in [-0.2, 0) is 6.18 Å². The smallest absolute Gasteiger partial charge is 0.451 e. The molecule has 9 heteroatoms. The highest BCUT2D eigenvalue weighted by Gasteiger charge is 2.37. The average molecular weight is 442 g/mol. The number of carbonyl (C=O) groups is 1. The summed E-state index contributed by atoms with van der Waals surface area (Å²) in [5, 5.41) is 0. The van der Waals surface area contributed by atoms with Gasteiger partial charge in [-0.2, -0.15) is 13.2 Å². The number of benzene rings is 1. The minimum Gasteiger partial charge on any atom is -0.497 e. The van der Waals surface area contributed by atoms with Crippen LogP contribution in [0.15, 0.2) is 54.9 Å². The Morgan fingerprint density at radius 3 is 2.53 bits per heavy atom. The summed E-state index contributed by atoms with van der Waals surface area (Å²) in [5.74, 6) is -1.00. The van der Waals surface area contributed by atoms with Crippen LogP contribution < -0.4 is 4.74 Å². The third kappa shape index (κ3) is 4.56. The van der Waals surface area contributed by atoms with E-state index in [1.165, 1.54) is 13.3 Å². The zero-order valence-corrected chi connectivity index (χ0v) is 17.3. The predicted molar refractivity (Wildman–Crippen MR) is 111 cm³/mol. The number of likely N-dealkylation sites (tertiary alicyclic amines) is 1. The Balaban J connectivity index is 1.62. The number of rotatable bonds is 4. The number of amides is 1. The number of hydrogen-bond donors (Lipinski definition) is 0. The molecule has 1 aliphatic rings. The van der Waals surface area contributed by atoms with Crippen molar-refractivity contribution >= 4 is 5.91 Å². The van der Waals surface area contributed by atoms with Gasteiger partial charge in [0.05, 0.1) is 12.8 Å². The first-order chi connectivity index (χ1) is 15.4. The van der Waals surface area contributed by atoms with E-state index in [0.29, 0.717) is 54.2 Å². The van der Waals surface area contributed by atoms with Gasteiger partial charge in [-0.05, 0) is 42.7 Å². The summed E-state index contributed by atoms with van der Waals surface area (Å²) in [6.07, 6.45) is -0.879. The summed E-state index contributed by atoms with van der Waals surface area (Å²) in [6, 6.07) is 12.2. The van der Waals surface area contributed by atoms with E-state index >= 15 is 0 Å². The Hall–Kier alpha value is -3.49. The lowest BCUT2D eigenvalue weighted by molar-refractivity contribution is -0.145. The second-order valence-electron chi connectivity index (χ2n) is 7.50. The highest BCUT2D eigenvalue weighted by Crippen LogP contribution is 2.37. The summed E-state index contributed by atoms with van der Waals surface area (Å²) < 4.78 is 45.3. The molecular weight excluding hydrogens is 421 g/mol. The maximum atomic E-state index is 13.3. The lowest BCUT2D eigenvalue weighted by atomic mass is 9.88. The van der Waals surface area contributed by atoms with Gasteiger partial charge < -0.3 is 9.64 Å². The number of nitrogens with zero attached hydrogens (tertiary/aromatic N) is 4. The molecule has 1 amide bonds. The first kappa shape index (κ1) is 21.7. The third-order valence-corrected chi connectivity index (χ3v) is 5.51. The van der Waals surface area contributed by atoms with Crippen LogP contribution >= 0.6 is 0 Å². The van der Waals surface area contributed by atoms with Gasteiger partial charge >= 0.3 is 6.18 Å². The highest BCUT2D eigenvalue weighted by atomic mass is 19.4. The number of alkyl halides is 3. The average Bonchev–Trinajstić information content (AvgIpc) is 2.83. The Morgan fingerprint density at radius 1 is 1.09 bits per heavy atom. The zero-order chi connectivity index (χ0) is 22.7. The lowest BCUT2D eigenvalue weighted by Crippen LogP contribution is -2.38. The monoisotopic (exact) mass is 442 g/mol. The van der Waals surface area contributed by atoms with Crippen molar-refractivity contribution in [3.05, 3.63) is 72.1 Å². The van der Waals surface area contributed by atoms with Crippen LogP contribution in [0.5, 0.6) is 5.75 Å². The summed E-state index contributed by atoms with van der Waals surface area (Å²) in [5.41, 5.74) is 1.90. The molecule has 1 saturated heterocycles. The zero-order valence-electron chi connectivity index (χ0n) is 17.3. The molecule has 0 unspecified atom stereocenters. The molecule has 0 atom stereocenters. The number of halogens is 3. The van der Waals surface area contributed by atoms with Crippen LogP contribution in [0.4, 0.5) is 13.2 Å². The molecule has 1 fully saturated rings. The van der Waals surface area contributed by atoms with E-state index in [0.717, 1.165) is 0 Å². The molecule has 3 aromatic rings. The van der Waals surface area contributed by atoms with Crippen molar-refractivity contribution in [3.63, 3.8) is 0 Å². The van der Waals surface area contributed by atoms with Crippen molar-refractivity contribution in [2.75, 3.05) is 20.2 Å². The second kappa shape index (κ2) is 8.94. The van der Waals surface area contributed by atoms with Crippen LogP contribution in [0.25, 0.3) is 11.1 Å². The minimum absolute atomic E-state index is 0.185. The molecule has 32 heavy (non-hydrogen) atoms. The highest BCUT2D eigenvalue weighted by molar-refractivity contribution is 5.92. The molecule has 166 valence electrons. The molecule has 2 aromatic heterocycles. The molecule has 0 spiro atoms. The first-order valence-corrected chi connectivity index (χ1v) is 10.2. The van der Waals surface area contributed by atoms with E-state index in [4.69, 9.17) is 4.74 Å². The molecule has 0 radical (unpaired) electrons. The second-order valence-corrected chi connectivity index (χ2v) is 7.50. The molecule has 1 aromatic carbocycles. The van der Waals surface area contributed by atoms with Crippen LogP contribution in [0, 0.1) is 0 Å². The van der Waals surface area contributed by atoms with Gasteiger partial charge in [-0.25, -0.2) is 9.97 Å². The van der Waals surface area contributed by atoms with Crippen LogP contribution in [0.1, 0.15) is 40.8 Å². The predicted octanol–water partition coefficient (Wildman–Crippen LogP) is 4.59. The Bertz CT molecular complexity index is 1100. The number of aromatic nitrogens is 3. The first-order valence-electron chi connectivity index (χ1n) is 10.2. The van der Waals surface area contributed by atoms with Crippen molar-refractivity contribution in [2.45, 2.75) is 24.9 Å². The van der Waals surface area contributed by atoms with E-state index in [2.05, 4.69) is 15.0 Å². The normalized spacial score (nSPS) is 14.9. The molecule has 4 rings (SSSR count). The topological polar surface area (TPSA) is 68.2 Å². The van der Waals surface area contributed by atoms with Crippen molar-refractivity contribution in [1.29, 1.82) is 0 Å². The van der Waals surface area contributed by atoms with E-state index in [1.54, 1.807) is 53.6 Å². The minimum atomic E-state index is -4.64. The summed E-state index contributed by atoms with van der Waals surface area (Å²) in [4.78, 5) is 25.9. The van der Waals surface area contributed by atoms with Crippen LogP contribution in [0.2, 0.25) is 0 Å². The maximum absolute atomic E-state index is 13.3. The Kier molecular flexibility index (Phi) is 6.07. The molecule has 0 bridgehead atoms.